The third-order valence-electron chi connectivity index (χ3n) is 8.42. The molecule has 1 amide bonds. The molecule has 2 saturated heterocycles. The number of hydrogen-bond acceptors (Lipinski definition) is 6. The highest BCUT2D eigenvalue weighted by molar-refractivity contribution is 7.91. The molecule has 0 saturated carbocycles. The number of benzene rings is 2. The van der Waals surface area contributed by atoms with E-state index in [2.05, 4.69) is 10.3 Å². The molecule has 2 aliphatic heterocycles. The molecule has 2 fully saturated rings. The van der Waals surface area contributed by atoms with E-state index in [0.29, 0.717) is 11.6 Å². The standard InChI is InChI=1S/C30H33F6N5O3S/c1-28(2,3)41-17-23(22-7-6-21(31)15-24(22)32)29(33,18-41)26(42)38-27-37-8-9-40(27)16-19-4-5-20(30(34,35)36)14-25(19)39-10-12-45(43,44)13-11-39/h4-9,14-15,23H,10-13,16-18H2,1-3H3,(H,37,38,42)/t23-,29-/m0/s1. The molecule has 0 spiro atoms. The Morgan fingerprint density at radius 1 is 1.07 bits per heavy atom. The Hall–Kier alpha value is -3.59. The average molecular weight is 658 g/mol. The molecule has 244 valence electrons. The van der Waals surface area contributed by atoms with E-state index in [4.69, 9.17) is 0 Å². The zero-order chi connectivity index (χ0) is 32.9. The van der Waals surface area contributed by atoms with Crippen LogP contribution in [0.1, 0.15) is 43.4 Å². The van der Waals surface area contributed by atoms with E-state index >= 15 is 4.39 Å². The van der Waals surface area contributed by atoms with Gasteiger partial charge in [-0.2, -0.15) is 13.2 Å². The molecule has 0 radical (unpaired) electrons. The van der Waals surface area contributed by atoms with Gasteiger partial charge in [0, 0.05) is 61.8 Å². The zero-order valence-electron chi connectivity index (χ0n) is 24.8. The maximum absolute atomic E-state index is 16.9. The van der Waals surface area contributed by atoms with Gasteiger partial charge in [0.25, 0.3) is 5.91 Å². The largest absolute Gasteiger partial charge is 0.416 e. The van der Waals surface area contributed by atoms with E-state index in [1.165, 1.54) is 23.0 Å². The molecular weight excluding hydrogens is 624 g/mol. The Labute approximate surface area is 256 Å². The first-order valence-electron chi connectivity index (χ1n) is 14.2. The predicted molar refractivity (Wildman–Crippen MR) is 157 cm³/mol. The highest BCUT2D eigenvalue weighted by Crippen LogP contribution is 2.43. The van der Waals surface area contributed by atoms with Crippen LogP contribution >= 0.6 is 0 Å². The first-order valence-corrected chi connectivity index (χ1v) is 16.1. The molecule has 8 nitrogen and oxygen atoms in total. The number of sulfone groups is 1. The molecule has 2 aliphatic rings. The predicted octanol–water partition coefficient (Wildman–Crippen LogP) is 5.01. The molecule has 1 aromatic heterocycles. The van der Waals surface area contributed by atoms with Gasteiger partial charge in [-0.05, 0) is 50.1 Å². The van der Waals surface area contributed by atoms with Crippen molar-refractivity contribution < 1.29 is 39.6 Å². The molecule has 2 aromatic carbocycles. The van der Waals surface area contributed by atoms with Gasteiger partial charge in [-0.15, -0.1) is 0 Å². The van der Waals surface area contributed by atoms with Gasteiger partial charge in [0.15, 0.2) is 9.84 Å². The minimum absolute atomic E-state index is 0.000146. The van der Waals surface area contributed by atoms with Crippen molar-refractivity contribution in [3.05, 3.63) is 77.1 Å². The van der Waals surface area contributed by atoms with Gasteiger partial charge in [-0.25, -0.2) is 26.6 Å². The zero-order valence-corrected chi connectivity index (χ0v) is 25.7. The summed E-state index contributed by atoms with van der Waals surface area (Å²) >= 11 is 0. The summed E-state index contributed by atoms with van der Waals surface area (Å²) < 4.78 is 112. The summed E-state index contributed by atoms with van der Waals surface area (Å²) in [6, 6.07) is 5.91. The quantitative estimate of drug-likeness (QED) is 0.376. The summed E-state index contributed by atoms with van der Waals surface area (Å²) in [4.78, 5) is 21.0. The van der Waals surface area contributed by atoms with Crippen LogP contribution in [0.4, 0.5) is 38.0 Å². The maximum atomic E-state index is 16.9. The maximum Gasteiger partial charge on any atom is 0.416 e. The summed E-state index contributed by atoms with van der Waals surface area (Å²) in [5, 5.41) is 2.48. The van der Waals surface area contributed by atoms with Crippen molar-refractivity contribution in [2.75, 3.05) is 47.9 Å². The summed E-state index contributed by atoms with van der Waals surface area (Å²) in [7, 11) is -3.31. The van der Waals surface area contributed by atoms with Crippen LogP contribution in [-0.4, -0.2) is 77.7 Å². The van der Waals surface area contributed by atoms with Crippen molar-refractivity contribution in [3.8, 4) is 0 Å². The number of nitrogens with one attached hydrogen (secondary N) is 1. The third-order valence-corrected chi connectivity index (χ3v) is 10.0. The normalized spacial score (nSPS) is 22.5. The van der Waals surface area contributed by atoms with E-state index in [1.807, 2.05) is 20.8 Å². The van der Waals surface area contributed by atoms with Crippen LogP contribution in [0, 0.1) is 11.6 Å². The fourth-order valence-electron chi connectivity index (χ4n) is 5.76. The van der Waals surface area contributed by atoms with Crippen molar-refractivity contribution in [1.29, 1.82) is 0 Å². The summed E-state index contributed by atoms with van der Waals surface area (Å²) in [5.41, 5.74) is -3.73. The Morgan fingerprint density at radius 3 is 2.38 bits per heavy atom. The number of imidazole rings is 1. The van der Waals surface area contributed by atoms with Gasteiger partial charge in [0.2, 0.25) is 11.6 Å². The Balaban J connectivity index is 1.44. The first-order chi connectivity index (χ1) is 20.9. The number of rotatable bonds is 6. The van der Waals surface area contributed by atoms with Crippen molar-refractivity contribution >= 4 is 27.4 Å². The smallest absolute Gasteiger partial charge is 0.369 e. The number of hydrogen-bond donors (Lipinski definition) is 1. The number of carbonyl (C=O) groups excluding carboxylic acids is 1. The van der Waals surface area contributed by atoms with E-state index in [0.717, 1.165) is 24.3 Å². The Morgan fingerprint density at radius 2 is 1.76 bits per heavy atom. The van der Waals surface area contributed by atoms with E-state index in [9.17, 15) is 35.2 Å². The van der Waals surface area contributed by atoms with Crippen LogP contribution in [0.15, 0.2) is 48.8 Å². The first kappa shape index (κ1) is 32.8. The lowest BCUT2D eigenvalue weighted by Crippen LogP contribution is -2.47. The van der Waals surface area contributed by atoms with Crippen molar-refractivity contribution in [2.45, 2.75) is 50.6 Å². The number of nitrogens with zero attached hydrogens (tertiary/aromatic N) is 4. The second-order valence-electron chi connectivity index (χ2n) is 12.4. The summed E-state index contributed by atoms with van der Waals surface area (Å²) in [6.07, 6.45) is -1.86. The average Bonchev–Trinajstić information content (AvgIpc) is 3.53. The fraction of sp³-hybridized carbons (Fsp3) is 0.467. The molecule has 45 heavy (non-hydrogen) atoms. The molecule has 5 rings (SSSR count). The molecule has 2 atom stereocenters. The monoisotopic (exact) mass is 657 g/mol. The number of amides is 1. The SMILES string of the molecule is CC(C)(C)N1C[C@@H](c2ccc(F)cc2F)[C@](F)(C(=O)Nc2nccn2Cc2ccc(C(F)(F)F)cc2N2CCS(=O)(=O)CC2)C1. The van der Waals surface area contributed by atoms with Crippen LogP contribution in [0.25, 0.3) is 0 Å². The van der Waals surface area contributed by atoms with E-state index < -0.39 is 56.2 Å². The minimum atomic E-state index is -4.64. The number of halogens is 6. The number of likely N-dealkylation sites (tertiary alicyclic amines) is 1. The molecule has 0 unspecified atom stereocenters. The molecule has 0 bridgehead atoms. The van der Waals surface area contributed by atoms with Crippen molar-refractivity contribution in [1.82, 2.24) is 14.5 Å². The highest BCUT2D eigenvalue weighted by Gasteiger charge is 2.56. The second-order valence-corrected chi connectivity index (χ2v) is 14.7. The number of anilines is 2. The van der Waals surface area contributed by atoms with Crippen LogP contribution < -0.4 is 10.2 Å². The van der Waals surface area contributed by atoms with Crippen LogP contribution in [-0.2, 0) is 27.4 Å². The Kier molecular flexibility index (Phi) is 8.49. The van der Waals surface area contributed by atoms with Crippen molar-refractivity contribution in [2.24, 2.45) is 0 Å². The molecule has 15 heteroatoms. The van der Waals surface area contributed by atoms with Gasteiger partial charge in [0.1, 0.15) is 11.6 Å². The van der Waals surface area contributed by atoms with Crippen molar-refractivity contribution in [3.63, 3.8) is 0 Å². The molecule has 3 aromatic rings. The van der Waals surface area contributed by atoms with Crippen LogP contribution in [0.5, 0.6) is 0 Å². The lowest BCUT2D eigenvalue weighted by atomic mass is 9.85. The van der Waals surface area contributed by atoms with Crippen LogP contribution in [0.3, 0.4) is 0 Å². The van der Waals surface area contributed by atoms with E-state index in [-0.39, 0.29) is 61.4 Å². The topological polar surface area (TPSA) is 87.5 Å². The number of aromatic nitrogens is 2. The summed E-state index contributed by atoms with van der Waals surface area (Å²) in [6.45, 7) is 4.97. The lowest BCUT2D eigenvalue weighted by Gasteiger charge is -2.32. The van der Waals surface area contributed by atoms with E-state index in [1.54, 1.807) is 9.80 Å². The second kappa shape index (κ2) is 11.6. The molecule has 3 heterocycles. The third kappa shape index (κ3) is 6.83. The van der Waals surface area contributed by atoms with Gasteiger partial charge in [-0.1, -0.05) is 12.1 Å². The number of alkyl halides is 4. The molecular formula is C30H33F6N5O3S. The fourth-order valence-corrected chi connectivity index (χ4v) is 6.96. The van der Waals surface area contributed by atoms with Gasteiger partial charge < -0.3 is 9.47 Å². The van der Waals surface area contributed by atoms with Gasteiger partial charge in [-0.3, -0.25) is 15.0 Å². The minimum Gasteiger partial charge on any atom is -0.369 e. The van der Waals surface area contributed by atoms with Gasteiger partial charge in [0.05, 0.1) is 23.6 Å². The molecule has 0 aliphatic carbocycles. The van der Waals surface area contributed by atoms with Crippen LogP contribution in [0.2, 0.25) is 0 Å². The molecule has 1 N–H and O–H groups in total. The highest BCUT2D eigenvalue weighted by atomic mass is 32.2. The van der Waals surface area contributed by atoms with Gasteiger partial charge >= 0.3 is 6.18 Å². The number of carbonyl (C=O) groups is 1. The summed E-state index contributed by atoms with van der Waals surface area (Å²) in [5.74, 6) is -4.73. The lowest BCUT2D eigenvalue weighted by molar-refractivity contribution is -0.137. The Bertz CT molecular complexity index is 1690.